The quantitative estimate of drug-likeness (QED) is 0.0634. The van der Waals surface area contributed by atoms with Crippen LogP contribution < -0.4 is 0 Å². The molecule has 1 aromatic carbocycles. The number of cyclic esters (lactones) is 1. The van der Waals surface area contributed by atoms with E-state index in [2.05, 4.69) is 37.0 Å². The number of aliphatic hydroxyl groups is 1. The van der Waals surface area contributed by atoms with Crippen LogP contribution in [-0.2, 0) is 28.5 Å². The third-order valence-electron chi connectivity index (χ3n) is 11.0. The number of hydrogen-bond donors (Lipinski definition) is 1. The van der Waals surface area contributed by atoms with Gasteiger partial charge in [0.1, 0.15) is 17.0 Å². The van der Waals surface area contributed by atoms with Gasteiger partial charge in [0.05, 0.1) is 30.5 Å². The molecule has 3 aliphatic heterocycles. The maximum atomic E-state index is 12.8. The fraction of sp³-hybridized carbons (Fsp3) is 0.733. The van der Waals surface area contributed by atoms with Crippen LogP contribution in [-0.4, -0.2) is 64.5 Å². The van der Waals surface area contributed by atoms with Crippen LogP contribution in [0.4, 0.5) is 0 Å². The molecule has 0 radical (unpaired) electrons. The Bertz CT molecular complexity index is 1290. The van der Waals surface area contributed by atoms with Crippen LogP contribution in [0.15, 0.2) is 47.4 Å². The Morgan fingerprint density at radius 3 is 2.25 bits per heavy atom. The molecule has 296 valence electrons. The topological polar surface area (TPSA) is 91.3 Å². The lowest BCUT2D eigenvalue weighted by Gasteiger charge is -2.26. The summed E-state index contributed by atoms with van der Waals surface area (Å²) in [6, 6.07) is 10.2. The standard InChI is InChI=1S/C45H68O7S/c1-4-5-6-7-8-14-17-23-28-40(50-36(3)46)41-31-32-43(52-41)42-30-29-39(51-42)38(47)27-22-16-13-11-9-10-12-15-18-24-33-45(34-35(2)49-44(45)48)53-37-25-20-19-21-26-37/h11,13,19-21,25-26,35,38-43,47H,4-10,12,14-15,17-18,23-24,27-34H2,1-3H3/b13-11+. The normalized spacial score (nSPS) is 26.7. The number of thioether (sulfide) groups is 1. The van der Waals surface area contributed by atoms with Gasteiger partial charge in [-0.2, -0.15) is 0 Å². The molecule has 1 N–H and O–H groups in total. The predicted octanol–water partition coefficient (Wildman–Crippen LogP) is 10.5. The van der Waals surface area contributed by atoms with Crippen molar-refractivity contribution in [3.05, 3.63) is 42.5 Å². The highest BCUT2D eigenvalue weighted by Gasteiger charge is 2.48. The van der Waals surface area contributed by atoms with Gasteiger partial charge in [-0.15, -0.1) is 11.8 Å². The summed E-state index contributed by atoms with van der Waals surface area (Å²) in [7, 11) is 0. The van der Waals surface area contributed by atoms with Crippen LogP contribution in [0, 0.1) is 11.8 Å². The second kappa shape index (κ2) is 24.3. The zero-order valence-electron chi connectivity index (χ0n) is 32.9. The number of ether oxygens (including phenoxy) is 4. The molecule has 0 bridgehead atoms. The van der Waals surface area contributed by atoms with Crippen molar-refractivity contribution in [2.24, 2.45) is 0 Å². The van der Waals surface area contributed by atoms with Gasteiger partial charge >= 0.3 is 11.9 Å². The van der Waals surface area contributed by atoms with E-state index >= 15 is 0 Å². The maximum absolute atomic E-state index is 12.8. The van der Waals surface area contributed by atoms with E-state index in [4.69, 9.17) is 18.9 Å². The van der Waals surface area contributed by atoms with Crippen LogP contribution >= 0.6 is 11.8 Å². The first-order chi connectivity index (χ1) is 25.8. The third-order valence-corrected chi connectivity index (χ3v) is 12.4. The number of allylic oxidation sites excluding steroid dienone is 2. The highest BCUT2D eigenvalue weighted by Crippen LogP contribution is 2.46. The SMILES string of the molecule is CCCCCCCCCCC(OC(C)=O)C1CCC(C2CCC(C(O)CC#C/C=C/CCCCCCCC3(Sc4ccccc4)CC(C)OC3=O)O2)O1. The Hall–Kier alpha value is -2.31. The second-order valence-electron chi connectivity index (χ2n) is 15.6. The van der Waals surface area contributed by atoms with Gasteiger partial charge in [-0.3, -0.25) is 9.59 Å². The molecule has 1 aromatic rings. The van der Waals surface area contributed by atoms with E-state index in [9.17, 15) is 14.7 Å². The van der Waals surface area contributed by atoms with Crippen LogP contribution in [0.1, 0.15) is 162 Å². The van der Waals surface area contributed by atoms with E-state index in [1.165, 1.54) is 51.9 Å². The highest BCUT2D eigenvalue weighted by atomic mass is 32.2. The predicted molar refractivity (Wildman–Crippen MR) is 214 cm³/mol. The van der Waals surface area contributed by atoms with Gasteiger partial charge in [-0.1, -0.05) is 114 Å². The minimum Gasteiger partial charge on any atom is -0.462 e. The zero-order valence-corrected chi connectivity index (χ0v) is 33.8. The molecular weight excluding hydrogens is 685 g/mol. The molecule has 7 nitrogen and oxygen atoms in total. The van der Waals surface area contributed by atoms with Crippen molar-refractivity contribution < 1.29 is 33.6 Å². The van der Waals surface area contributed by atoms with Gasteiger partial charge < -0.3 is 24.1 Å². The lowest BCUT2D eigenvalue weighted by atomic mass is 9.96. The Kier molecular flexibility index (Phi) is 19.9. The van der Waals surface area contributed by atoms with E-state index in [1.54, 1.807) is 11.8 Å². The van der Waals surface area contributed by atoms with Crippen molar-refractivity contribution >= 4 is 23.7 Å². The molecule has 0 amide bonds. The molecule has 4 rings (SSSR count). The molecule has 3 aliphatic rings. The van der Waals surface area contributed by atoms with E-state index in [0.717, 1.165) is 94.8 Å². The minimum absolute atomic E-state index is 0.0187. The van der Waals surface area contributed by atoms with Gasteiger partial charge in [0, 0.05) is 24.7 Å². The molecule has 0 aromatic heterocycles. The minimum atomic E-state index is -0.617. The summed E-state index contributed by atoms with van der Waals surface area (Å²) in [5.74, 6) is 5.91. The fourth-order valence-corrected chi connectivity index (χ4v) is 9.57. The Morgan fingerprint density at radius 1 is 0.925 bits per heavy atom. The number of benzene rings is 1. The van der Waals surface area contributed by atoms with Crippen molar-refractivity contribution in [2.45, 2.75) is 214 Å². The van der Waals surface area contributed by atoms with Crippen molar-refractivity contribution in [2.75, 3.05) is 0 Å². The largest absolute Gasteiger partial charge is 0.462 e. The average molecular weight is 753 g/mol. The average Bonchev–Trinajstić information content (AvgIpc) is 3.89. The van der Waals surface area contributed by atoms with Gasteiger partial charge in [-0.25, -0.2) is 0 Å². The summed E-state index contributed by atoms with van der Waals surface area (Å²) in [6.45, 7) is 5.73. The third kappa shape index (κ3) is 15.4. The lowest BCUT2D eigenvalue weighted by Crippen LogP contribution is -2.34. The van der Waals surface area contributed by atoms with Crippen molar-refractivity contribution in [3.8, 4) is 11.8 Å². The van der Waals surface area contributed by atoms with Gasteiger partial charge in [-0.05, 0) is 82.9 Å². The van der Waals surface area contributed by atoms with Crippen LogP contribution in [0.5, 0.6) is 0 Å². The summed E-state index contributed by atoms with van der Waals surface area (Å²) >= 11 is 1.68. The molecule has 53 heavy (non-hydrogen) atoms. The summed E-state index contributed by atoms with van der Waals surface area (Å²) in [6.07, 6.45) is 25.7. The van der Waals surface area contributed by atoms with E-state index in [-0.39, 0.29) is 48.6 Å². The van der Waals surface area contributed by atoms with Gasteiger partial charge in [0.15, 0.2) is 0 Å². The summed E-state index contributed by atoms with van der Waals surface area (Å²) in [5.41, 5.74) is 0. The lowest BCUT2D eigenvalue weighted by molar-refractivity contribution is -0.158. The number of hydrogen-bond acceptors (Lipinski definition) is 8. The first kappa shape index (κ1) is 43.4. The Labute approximate surface area is 325 Å². The number of unbranched alkanes of at least 4 members (excludes halogenated alkanes) is 12. The molecule has 8 atom stereocenters. The summed E-state index contributed by atoms with van der Waals surface area (Å²) < 4.78 is 23.6. The number of rotatable bonds is 24. The molecule has 0 saturated carbocycles. The highest BCUT2D eigenvalue weighted by molar-refractivity contribution is 8.01. The molecule has 8 unspecified atom stereocenters. The number of aliphatic hydroxyl groups excluding tert-OH is 1. The van der Waals surface area contributed by atoms with E-state index < -0.39 is 10.9 Å². The first-order valence-electron chi connectivity index (χ1n) is 21.0. The fourth-order valence-electron chi connectivity index (χ4n) is 8.13. The van der Waals surface area contributed by atoms with Crippen molar-refractivity contribution in [1.82, 2.24) is 0 Å². The first-order valence-corrected chi connectivity index (χ1v) is 21.9. The van der Waals surface area contributed by atoms with Crippen LogP contribution in [0.2, 0.25) is 0 Å². The molecule has 0 spiro atoms. The van der Waals surface area contributed by atoms with Crippen LogP contribution in [0.3, 0.4) is 0 Å². The van der Waals surface area contributed by atoms with Gasteiger partial charge in [0.2, 0.25) is 0 Å². The smallest absolute Gasteiger partial charge is 0.322 e. The molecule has 8 heteroatoms. The van der Waals surface area contributed by atoms with Gasteiger partial charge in [0.25, 0.3) is 0 Å². The molecular formula is C45H68O7S. The second-order valence-corrected chi connectivity index (χ2v) is 17.1. The number of carbonyl (C=O) groups excluding carboxylic acids is 2. The number of esters is 2. The van der Waals surface area contributed by atoms with Crippen molar-refractivity contribution in [1.29, 1.82) is 0 Å². The Morgan fingerprint density at radius 2 is 1.57 bits per heavy atom. The summed E-state index contributed by atoms with van der Waals surface area (Å²) in [5, 5.41) is 10.8. The molecule has 3 heterocycles. The zero-order chi connectivity index (χ0) is 37.7. The monoisotopic (exact) mass is 752 g/mol. The Balaban J connectivity index is 1.05. The van der Waals surface area contributed by atoms with Crippen molar-refractivity contribution in [3.63, 3.8) is 0 Å². The molecule has 3 fully saturated rings. The molecule has 3 saturated heterocycles. The van der Waals surface area contributed by atoms with Crippen LogP contribution in [0.25, 0.3) is 0 Å². The van der Waals surface area contributed by atoms with E-state index in [0.29, 0.717) is 6.42 Å². The van der Waals surface area contributed by atoms with E-state index in [1.807, 2.05) is 31.2 Å². The molecule has 0 aliphatic carbocycles. The maximum Gasteiger partial charge on any atom is 0.322 e. The summed E-state index contributed by atoms with van der Waals surface area (Å²) in [4.78, 5) is 25.8. The number of carbonyl (C=O) groups is 2.